The van der Waals surface area contributed by atoms with Gasteiger partial charge in [0.15, 0.2) is 0 Å². The fourth-order valence-corrected chi connectivity index (χ4v) is 3.43. The normalized spacial score (nSPS) is 17.8. The molecule has 0 aromatic heterocycles. The van der Waals surface area contributed by atoms with Crippen LogP contribution in [0.5, 0.6) is 0 Å². The smallest absolute Gasteiger partial charge is 0.251 e. The summed E-state index contributed by atoms with van der Waals surface area (Å²) in [5.74, 6) is -0.615. The molecule has 0 saturated carbocycles. The minimum atomic E-state index is -3.63. The number of rotatable bonds is 7. The van der Waals surface area contributed by atoms with Crippen LogP contribution in [0.25, 0.3) is 0 Å². The molecule has 9 heteroatoms. The Morgan fingerprint density at radius 2 is 2.04 bits per heavy atom. The van der Waals surface area contributed by atoms with Crippen molar-refractivity contribution in [3.05, 3.63) is 29.8 Å². The third kappa shape index (κ3) is 4.11. The van der Waals surface area contributed by atoms with Crippen LogP contribution in [-0.4, -0.2) is 64.4 Å². The Morgan fingerprint density at radius 1 is 1.38 bits per heavy atom. The summed E-state index contributed by atoms with van der Waals surface area (Å²) >= 11 is 0. The van der Waals surface area contributed by atoms with Gasteiger partial charge in [-0.2, -0.15) is 4.31 Å². The van der Waals surface area contributed by atoms with Crippen molar-refractivity contribution in [2.24, 2.45) is 0 Å². The maximum atomic E-state index is 12.4. The molecule has 2 N–H and O–H groups in total. The first-order chi connectivity index (χ1) is 11.4. The highest BCUT2D eigenvalue weighted by atomic mass is 32.2. The summed E-state index contributed by atoms with van der Waals surface area (Å²) in [6.07, 6.45) is 0.543. The van der Waals surface area contributed by atoms with Gasteiger partial charge in [-0.05, 0) is 30.7 Å². The van der Waals surface area contributed by atoms with Crippen LogP contribution < -0.4 is 10.6 Å². The Balaban J connectivity index is 2.06. The van der Waals surface area contributed by atoms with Gasteiger partial charge in [0.1, 0.15) is 6.04 Å². The Kier molecular flexibility index (Phi) is 5.92. The number of amides is 2. The minimum absolute atomic E-state index is 0.0938. The highest BCUT2D eigenvalue weighted by molar-refractivity contribution is 7.89. The maximum absolute atomic E-state index is 12.4. The molecule has 1 fully saturated rings. The lowest BCUT2D eigenvalue weighted by Gasteiger charge is -2.17. The van der Waals surface area contributed by atoms with Gasteiger partial charge in [0.25, 0.3) is 5.91 Å². The van der Waals surface area contributed by atoms with Gasteiger partial charge in [-0.3, -0.25) is 9.59 Å². The molecule has 1 aromatic carbocycles. The number of carbonyl (C=O) groups excluding carboxylic acids is 2. The van der Waals surface area contributed by atoms with E-state index in [1.165, 1.54) is 42.7 Å². The SMILES string of the molecule is COCCN(C)S(=O)(=O)c1ccc(C(=O)N[C@@H]2CCNC2=O)cc1. The third-order valence-electron chi connectivity index (χ3n) is 3.79. The van der Waals surface area contributed by atoms with E-state index in [9.17, 15) is 18.0 Å². The van der Waals surface area contributed by atoms with E-state index in [0.29, 0.717) is 25.1 Å². The predicted octanol–water partition coefficient (Wildman–Crippen LogP) is -0.428. The van der Waals surface area contributed by atoms with Crippen molar-refractivity contribution in [2.45, 2.75) is 17.4 Å². The van der Waals surface area contributed by atoms with Crippen molar-refractivity contribution < 1.29 is 22.7 Å². The monoisotopic (exact) mass is 355 g/mol. The molecule has 1 aromatic rings. The number of hydrogen-bond acceptors (Lipinski definition) is 5. The molecule has 2 rings (SSSR count). The molecule has 132 valence electrons. The molecule has 1 atom stereocenters. The standard InChI is InChI=1S/C15H21N3O5S/c1-18(9-10-23-2)24(21,22)12-5-3-11(4-6-12)14(19)17-13-7-8-16-15(13)20/h3-6,13H,7-10H2,1-2H3,(H,16,20)(H,17,19)/t13-/m1/s1. The first kappa shape index (κ1) is 18.4. The molecular weight excluding hydrogens is 334 g/mol. The summed E-state index contributed by atoms with van der Waals surface area (Å²) in [5, 5.41) is 5.26. The zero-order chi connectivity index (χ0) is 17.7. The van der Waals surface area contributed by atoms with Crippen molar-refractivity contribution in [1.82, 2.24) is 14.9 Å². The lowest BCUT2D eigenvalue weighted by atomic mass is 10.2. The molecule has 0 spiro atoms. The van der Waals surface area contributed by atoms with E-state index in [2.05, 4.69) is 10.6 Å². The van der Waals surface area contributed by atoms with E-state index in [4.69, 9.17) is 4.74 Å². The highest BCUT2D eigenvalue weighted by Gasteiger charge is 2.26. The van der Waals surface area contributed by atoms with E-state index in [1.54, 1.807) is 0 Å². The van der Waals surface area contributed by atoms with Gasteiger partial charge in [-0.25, -0.2) is 8.42 Å². The molecule has 0 aliphatic carbocycles. The lowest BCUT2D eigenvalue weighted by molar-refractivity contribution is -0.120. The van der Waals surface area contributed by atoms with Gasteiger partial charge in [0.05, 0.1) is 11.5 Å². The van der Waals surface area contributed by atoms with E-state index in [1.807, 2.05) is 0 Å². The van der Waals surface area contributed by atoms with Crippen LogP contribution in [0.1, 0.15) is 16.8 Å². The van der Waals surface area contributed by atoms with Crippen molar-refractivity contribution in [3.63, 3.8) is 0 Å². The topological polar surface area (TPSA) is 105 Å². The van der Waals surface area contributed by atoms with Crippen molar-refractivity contribution >= 4 is 21.8 Å². The molecule has 1 aliphatic rings. The van der Waals surface area contributed by atoms with E-state index in [-0.39, 0.29) is 17.3 Å². The van der Waals surface area contributed by atoms with Crippen molar-refractivity contribution in [1.29, 1.82) is 0 Å². The summed E-state index contributed by atoms with van der Waals surface area (Å²) in [6.45, 7) is 1.06. The fraction of sp³-hybridized carbons (Fsp3) is 0.467. The number of ether oxygens (including phenoxy) is 1. The molecule has 2 amide bonds. The van der Waals surface area contributed by atoms with Crippen LogP contribution in [0, 0.1) is 0 Å². The average molecular weight is 355 g/mol. The maximum Gasteiger partial charge on any atom is 0.251 e. The Hall–Kier alpha value is -1.97. The number of likely N-dealkylation sites (N-methyl/N-ethyl adjacent to an activating group) is 1. The van der Waals surface area contributed by atoms with Crippen LogP contribution in [0.2, 0.25) is 0 Å². The Morgan fingerprint density at radius 3 is 2.58 bits per heavy atom. The number of carbonyl (C=O) groups is 2. The van der Waals surface area contributed by atoms with Crippen molar-refractivity contribution in [3.8, 4) is 0 Å². The first-order valence-electron chi connectivity index (χ1n) is 7.50. The van der Waals surface area contributed by atoms with Crippen LogP contribution in [0.15, 0.2) is 29.2 Å². The van der Waals surface area contributed by atoms with Crippen LogP contribution in [-0.2, 0) is 19.6 Å². The molecular formula is C15H21N3O5S. The number of nitrogens with zero attached hydrogens (tertiary/aromatic N) is 1. The van der Waals surface area contributed by atoms with Gasteiger partial charge in [-0.15, -0.1) is 0 Å². The Bertz CT molecular complexity index is 702. The predicted molar refractivity (Wildman–Crippen MR) is 87.0 cm³/mol. The number of sulfonamides is 1. The zero-order valence-corrected chi connectivity index (χ0v) is 14.4. The molecule has 0 radical (unpaired) electrons. The fourth-order valence-electron chi connectivity index (χ4n) is 2.27. The summed E-state index contributed by atoms with van der Waals surface area (Å²) in [5.41, 5.74) is 0.299. The zero-order valence-electron chi connectivity index (χ0n) is 13.6. The quantitative estimate of drug-likeness (QED) is 0.691. The van der Waals surface area contributed by atoms with E-state index >= 15 is 0 Å². The Labute approximate surface area is 141 Å². The van der Waals surface area contributed by atoms with E-state index in [0.717, 1.165) is 0 Å². The van der Waals surface area contributed by atoms with Gasteiger partial charge in [0.2, 0.25) is 15.9 Å². The largest absolute Gasteiger partial charge is 0.383 e. The molecule has 0 bridgehead atoms. The van der Waals surface area contributed by atoms with Gasteiger partial charge < -0.3 is 15.4 Å². The summed E-state index contributed by atoms with van der Waals surface area (Å²) < 4.78 is 30.8. The lowest BCUT2D eigenvalue weighted by Crippen LogP contribution is -2.40. The van der Waals surface area contributed by atoms with Crippen LogP contribution in [0.4, 0.5) is 0 Å². The molecule has 1 aliphatic heterocycles. The summed E-state index contributed by atoms with van der Waals surface area (Å²) in [6, 6.07) is 5.07. The average Bonchev–Trinajstić information content (AvgIpc) is 2.97. The first-order valence-corrected chi connectivity index (χ1v) is 8.94. The number of benzene rings is 1. The summed E-state index contributed by atoms with van der Waals surface area (Å²) in [7, 11) is -0.663. The molecule has 0 unspecified atom stereocenters. The number of hydrogen-bond donors (Lipinski definition) is 2. The van der Waals surface area contributed by atoms with E-state index < -0.39 is 22.0 Å². The number of methoxy groups -OCH3 is 1. The second-order valence-corrected chi connectivity index (χ2v) is 7.49. The second kappa shape index (κ2) is 7.73. The molecule has 24 heavy (non-hydrogen) atoms. The van der Waals surface area contributed by atoms with Gasteiger partial charge in [0, 0.05) is 32.8 Å². The molecule has 1 saturated heterocycles. The third-order valence-corrected chi connectivity index (χ3v) is 5.66. The minimum Gasteiger partial charge on any atom is -0.383 e. The van der Waals surface area contributed by atoms with Crippen LogP contribution in [0.3, 0.4) is 0 Å². The molecule has 1 heterocycles. The molecule has 8 nitrogen and oxygen atoms in total. The summed E-state index contributed by atoms with van der Waals surface area (Å²) in [4.78, 5) is 23.7. The van der Waals surface area contributed by atoms with Gasteiger partial charge >= 0.3 is 0 Å². The van der Waals surface area contributed by atoms with Crippen LogP contribution >= 0.6 is 0 Å². The second-order valence-electron chi connectivity index (χ2n) is 5.45. The van der Waals surface area contributed by atoms with Gasteiger partial charge in [-0.1, -0.05) is 0 Å². The highest BCUT2D eigenvalue weighted by Crippen LogP contribution is 2.15. The number of nitrogens with one attached hydrogen (secondary N) is 2. The van der Waals surface area contributed by atoms with Crippen molar-refractivity contribution in [2.75, 3.05) is 33.9 Å².